The molecule has 1 aromatic carbocycles. The summed E-state index contributed by atoms with van der Waals surface area (Å²) in [6.07, 6.45) is 0. The van der Waals surface area contributed by atoms with Gasteiger partial charge in [0.05, 0.1) is 0 Å². The molecule has 1 aromatic rings. The van der Waals surface area contributed by atoms with Crippen LogP contribution < -0.4 is 5.32 Å². The highest BCUT2D eigenvalue weighted by molar-refractivity contribution is 7.99. The van der Waals surface area contributed by atoms with E-state index in [9.17, 15) is 0 Å². The first-order chi connectivity index (χ1) is 6.79. The molecule has 0 unspecified atom stereocenters. The molecule has 2 heteroatoms. The van der Waals surface area contributed by atoms with Crippen LogP contribution in [0.2, 0.25) is 0 Å². The van der Waals surface area contributed by atoms with Gasteiger partial charge in [0.15, 0.2) is 0 Å². The molecule has 1 N–H and O–H groups in total. The molecule has 0 spiro atoms. The second-order valence-electron chi connectivity index (χ2n) is 3.76. The number of thioether (sulfide) groups is 1. The summed E-state index contributed by atoms with van der Waals surface area (Å²) in [4.78, 5) is 1.36. The zero-order valence-corrected chi connectivity index (χ0v) is 9.81. The summed E-state index contributed by atoms with van der Waals surface area (Å²) in [5.41, 5.74) is 0. The van der Waals surface area contributed by atoms with E-state index in [4.69, 9.17) is 0 Å². The molecule has 0 bridgehead atoms. The first kappa shape index (κ1) is 11.6. The monoisotopic (exact) mass is 209 g/mol. The van der Waals surface area contributed by atoms with Crippen LogP contribution in [0.25, 0.3) is 0 Å². The van der Waals surface area contributed by atoms with Gasteiger partial charge in [0.2, 0.25) is 0 Å². The molecule has 0 saturated carbocycles. The summed E-state index contributed by atoms with van der Waals surface area (Å²) in [5, 5.41) is 3.43. The predicted octanol–water partition coefficient (Wildman–Crippen LogP) is 3.02. The molecule has 1 rings (SSSR count). The van der Waals surface area contributed by atoms with Crippen LogP contribution in [-0.2, 0) is 0 Å². The molecular weight excluding hydrogens is 190 g/mol. The Bertz CT molecular complexity index is 233. The van der Waals surface area contributed by atoms with Crippen LogP contribution in [0.5, 0.6) is 0 Å². The molecule has 0 amide bonds. The van der Waals surface area contributed by atoms with E-state index >= 15 is 0 Å². The van der Waals surface area contributed by atoms with Gasteiger partial charge in [-0.25, -0.2) is 0 Å². The highest BCUT2D eigenvalue weighted by atomic mass is 32.2. The van der Waals surface area contributed by atoms with Crippen LogP contribution >= 0.6 is 11.8 Å². The maximum Gasteiger partial charge on any atom is 0.0106 e. The SMILES string of the molecule is CC(C)CNCCSc1ccccc1. The lowest BCUT2D eigenvalue weighted by Gasteiger charge is -2.06. The normalized spacial score (nSPS) is 10.8. The molecular formula is C12H19NS. The maximum absolute atomic E-state index is 3.43. The molecule has 0 radical (unpaired) electrons. The average Bonchev–Trinajstić information content (AvgIpc) is 2.18. The van der Waals surface area contributed by atoms with Gasteiger partial charge in [0.25, 0.3) is 0 Å². The van der Waals surface area contributed by atoms with Crippen LogP contribution in [0.3, 0.4) is 0 Å². The molecule has 0 aromatic heterocycles. The van der Waals surface area contributed by atoms with Crippen LogP contribution in [0.4, 0.5) is 0 Å². The zero-order valence-electron chi connectivity index (χ0n) is 8.99. The second-order valence-corrected chi connectivity index (χ2v) is 4.93. The van der Waals surface area contributed by atoms with Gasteiger partial charge in [-0.2, -0.15) is 0 Å². The lowest BCUT2D eigenvalue weighted by atomic mass is 10.2. The highest BCUT2D eigenvalue weighted by Gasteiger charge is 1.94. The van der Waals surface area contributed by atoms with E-state index in [1.54, 1.807) is 0 Å². The van der Waals surface area contributed by atoms with Gasteiger partial charge in [-0.05, 0) is 24.6 Å². The third-order valence-electron chi connectivity index (χ3n) is 1.84. The molecule has 0 fully saturated rings. The maximum atomic E-state index is 3.43. The van der Waals surface area contributed by atoms with E-state index in [1.807, 2.05) is 11.8 Å². The molecule has 14 heavy (non-hydrogen) atoms. The minimum atomic E-state index is 0.747. The smallest absolute Gasteiger partial charge is 0.0106 e. The quantitative estimate of drug-likeness (QED) is 0.571. The fourth-order valence-electron chi connectivity index (χ4n) is 1.15. The van der Waals surface area contributed by atoms with Crippen LogP contribution in [0, 0.1) is 5.92 Å². The van der Waals surface area contributed by atoms with Gasteiger partial charge in [0, 0.05) is 17.2 Å². The molecule has 78 valence electrons. The fourth-order valence-corrected chi connectivity index (χ4v) is 1.98. The lowest BCUT2D eigenvalue weighted by Crippen LogP contribution is -2.21. The molecule has 1 nitrogen and oxygen atoms in total. The zero-order chi connectivity index (χ0) is 10.2. The summed E-state index contributed by atoms with van der Waals surface area (Å²) in [7, 11) is 0. The van der Waals surface area contributed by atoms with Crippen molar-refractivity contribution in [3.63, 3.8) is 0 Å². The topological polar surface area (TPSA) is 12.0 Å². The second kappa shape index (κ2) is 6.91. The Hall–Kier alpha value is -0.470. The Labute approximate surface area is 91.3 Å². The van der Waals surface area contributed by atoms with E-state index in [2.05, 4.69) is 49.5 Å². The Morgan fingerprint density at radius 1 is 1.21 bits per heavy atom. The summed E-state index contributed by atoms with van der Waals surface area (Å²) < 4.78 is 0. The van der Waals surface area contributed by atoms with Crippen molar-refractivity contribution in [1.82, 2.24) is 5.32 Å². The van der Waals surface area contributed by atoms with Crippen molar-refractivity contribution in [2.24, 2.45) is 5.92 Å². The van der Waals surface area contributed by atoms with Gasteiger partial charge in [0.1, 0.15) is 0 Å². The van der Waals surface area contributed by atoms with E-state index < -0.39 is 0 Å². The number of benzene rings is 1. The molecule has 0 aliphatic heterocycles. The van der Waals surface area contributed by atoms with Crippen molar-refractivity contribution in [2.45, 2.75) is 18.7 Å². The van der Waals surface area contributed by atoms with E-state index in [1.165, 1.54) is 4.90 Å². The standard InChI is InChI=1S/C12H19NS/c1-11(2)10-13-8-9-14-12-6-4-3-5-7-12/h3-7,11,13H,8-10H2,1-2H3. The minimum Gasteiger partial charge on any atom is -0.316 e. The van der Waals surface area contributed by atoms with Crippen molar-refractivity contribution in [2.75, 3.05) is 18.8 Å². The van der Waals surface area contributed by atoms with Crippen molar-refractivity contribution in [1.29, 1.82) is 0 Å². The van der Waals surface area contributed by atoms with Crippen LogP contribution in [0.15, 0.2) is 35.2 Å². The summed E-state index contributed by atoms with van der Waals surface area (Å²) in [6, 6.07) is 10.6. The predicted molar refractivity (Wildman–Crippen MR) is 64.9 cm³/mol. The van der Waals surface area contributed by atoms with E-state index in [0.29, 0.717) is 0 Å². The van der Waals surface area contributed by atoms with Gasteiger partial charge < -0.3 is 5.32 Å². The first-order valence-electron chi connectivity index (χ1n) is 5.17. The van der Waals surface area contributed by atoms with Gasteiger partial charge >= 0.3 is 0 Å². The molecule has 0 aliphatic rings. The third kappa shape index (κ3) is 5.30. The van der Waals surface area contributed by atoms with Crippen molar-refractivity contribution < 1.29 is 0 Å². The van der Waals surface area contributed by atoms with Crippen molar-refractivity contribution >= 4 is 11.8 Å². The van der Waals surface area contributed by atoms with Crippen LogP contribution in [0.1, 0.15) is 13.8 Å². The minimum absolute atomic E-state index is 0.747. The van der Waals surface area contributed by atoms with Gasteiger partial charge in [-0.3, -0.25) is 0 Å². The summed E-state index contributed by atoms with van der Waals surface area (Å²) in [6.45, 7) is 6.68. The largest absolute Gasteiger partial charge is 0.316 e. The van der Waals surface area contributed by atoms with Crippen LogP contribution in [-0.4, -0.2) is 18.8 Å². The molecule has 0 saturated heterocycles. The first-order valence-corrected chi connectivity index (χ1v) is 6.16. The Balaban J connectivity index is 2.05. The Kier molecular flexibility index (Phi) is 5.72. The number of nitrogens with one attached hydrogen (secondary N) is 1. The third-order valence-corrected chi connectivity index (χ3v) is 2.86. The lowest BCUT2D eigenvalue weighted by molar-refractivity contribution is 0.568. The molecule has 0 heterocycles. The summed E-state index contributed by atoms with van der Waals surface area (Å²) >= 11 is 1.91. The Morgan fingerprint density at radius 2 is 1.93 bits per heavy atom. The number of hydrogen-bond acceptors (Lipinski definition) is 2. The Morgan fingerprint density at radius 3 is 2.57 bits per heavy atom. The molecule has 0 atom stereocenters. The van der Waals surface area contributed by atoms with Gasteiger partial charge in [-0.1, -0.05) is 32.0 Å². The van der Waals surface area contributed by atoms with Crippen molar-refractivity contribution in [3.8, 4) is 0 Å². The van der Waals surface area contributed by atoms with E-state index in [0.717, 1.165) is 24.8 Å². The number of rotatable bonds is 6. The van der Waals surface area contributed by atoms with E-state index in [-0.39, 0.29) is 0 Å². The molecule has 0 aliphatic carbocycles. The fraction of sp³-hybridized carbons (Fsp3) is 0.500. The highest BCUT2D eigenvalue weighted by Crippen LogP contribution is 2.15. The van der Waals surface area contributed by atoms with Crippen molar-refractivity contribution in [3.05, 3.63) is 30.3 Å². The summed E-state index contributed by atoms with van der Waals surface area (Å²) in [5.74, 6) is 1.90. The average molecular weight is 209 g/mol. The van der Waals surface area contributed by atoms with Gasteiger partial charge in [-0.15, -0.1) is 11.8 Å². The number of hydrogen-bond donors (Lipinski definition) is 1.